The Labute approximate surface area is 91.3 Å². The molecule has 0 saturated heterocycles. The van der Waals surface area contributed by atoms with Crippen LogP contribution in [0.3, 0.4) is 0 Å². The monoisotopic (exact) mass is 242 g/mol. The zero-order valence-corrected chi connectivity index (χ0v) is 8.88. The lowest BCUT2D eigenvalue weighted by Gasteiger charge is -2.23. The van der Waals surface area contributed by atoms with E-state index in [9.17, 15) is 9.59 Å². The molecule has 0 saturated carbocycles. The lowest BCUT2D eigenvalue weighted by atomic mass is 9.90. The number of Topliss-reactive ketones (excluding diaryl/α,β-unsaturated/α-hetero) is 1. The van der Waals surface area contributed by atoms with Crippen molar-refractivity contribution in [1.29, 1.82) is 0 Å². The number of carboxylic acid groups (broad SMARTS) is 1. The van der Waals surface area contributed by atoms with Crippen LogP contribution in [-0.4, -0.2) is 33.8 Å². The summed E-state index contributed by atoms with van der Waals surface area (Å²) >= 11 is 10.6. The minimum Gasteiger partial charge on any atom is -0.480 e. The summed E-state index contributed by atoms with van der Waals surface area (Å²) in [6, 6.07) is 0. The minimum atomic E-state index is -2.03. The zero-order valence-electron chi connectivity index (χ0n) is 7.37. The van der Waals surface area contributed by atoms with Gasteiger partial charge in [-0.15, -0.1) is 0 Å². The Morgan fingerprint density at radius 3 is 2.21 bits per heavy atom. The minimum absolute atomic E-state index is 0.0758. The van der Waals surface area contributed by atoms with Gasteiger partial charge in [0, 0.05) is 0 Å². The highest BCUT2D eigenvalue weighted by Gasteiger charge is 2.43. The molecule has 0 aromatic heterocycles. The van der Waals surface area contributed by atoms with Gasteiger partial charge in [-0.1, -0.05) is 23.2 Å². The number of aliphatic carboxylic acids is 1. The Balaban J connectivity index is 4.71. The summed E-state index contributed by atoms with van der Waals surface area (Å²) in [5.41, 5.74) is 8.55. The van der Waals surface area contributed by atoms with Crippen LogP contribution in [0.15, 0.2) is 0 Å². The van der Waals surface area contributed by atoms with Crippen molar-refractivity contribution >= 4 is 35.0 Å². The van der Waals surface area contributed by atoms with Crippen LogP contribution in [0.5, 0.6) is 0 Å². The predicted molar refractivity (Wildman–Crippen MR) is 53.3 cm³/mol. The highest BCUT2D eigenvalue weighted by atomic mass is 35.5. The number of rotatable bonds is 6. The lowest BCUT2D eigenvalue weighted by molar-refractivity contribution is -0.148. The van der Waals surface area contributed by atoms with Crippen LogP contribution >= 0.6 is 23.2 Å². The quantitative estimate of drug-likeness (QED) is 0.445. The fourth-order valence-corrected chi connectivity index (χ4v) is 1.30. The summed E-state index contributed by atoms with van der Waals surface area (Å²) in [6.07, 6.45) is 0.239. The van der Waals surface area contributed by atoms with Gasteiger partial charge in [-0.25, -0.2) is 4.79 Å². The van der Waals surface area contributed by atoms with Crippen LogP contribution in [-0.2, 0) is 9.59 Å². The summed E-state index contributed by atoms with van der Waals surface area (Å²) in [7, 11) is 0. The number of hydrogen-bond donors (Lipinski definition) is 3. The summed E-state index contributed by atoms with van der Waals surface area (Å²) in [5, 5.41) is 8.77. The molecule has 82 valence electrons. The van der Waals surface area contributed by atoms with E-state index in [1.807, 2.05) is 0 Å². The van der Waals surface area contributed by atoms with Crippen molar-refractivity contribution in [3.63, 3.8) is 0 Å². The standard InChI is InChI=1S/C7H12Cl2N2O3/c8-5(9)4(12)7(11,6(13)14)2-1-3-10/h5H,1-3,10-11H2,(H,13,14)/t7-/m1/s1. The van der Waals surface area contributed by atoms with Crippen molar-refractivity contribution in [1.82, 2.24) is 0 Å². The maximum absolute atomic E-state index is 11.3. The fourth-order valence-electron chi connectivity index (χ4n) is 0.911. The number of halogens is 2. The van der Waals surface area contributed by atoms with Crippen LogP contribution in [0, 0.1) is 0 Å². The molecule has 0 aliphatic carbocycles. The maximum Gasteiger partial charge on any atom is 0.331 e. The second kappa shape index (κ2) is 5.50. The Hall–Kier alpha value is -0.360. The fraction of sp³-hybridized carbons (Fsp3) is 0.714. The van der Waals surface area contributed by atoms with E-state index in [2.05, 4.69) is 0 Å². The number of hydrogen-bond acceptors (Lipinski definition) is 4. The molecule has 0 aliphatic heterocycles. The van der Waals surface area contributed by atoms with E-state index < -0.39 is 22.1 Å². The molecule has 5 nitrogen and oxygen atoms in total. The number of nitrogens with two attached hydrogens (primary N) is 2. The third-order valence-corrected chi connectivity index (χ3v) is 2.19. The summed E-state index contributed by atoms with van der Waals surface area (Å²) in [4.78, 5) is 20.6. The van der Waals surface area contributed by atoms with Gasteiger partial charge in [-0.05, 0) is 19.4 Å². The highest BCUT2D eigenvalue weighted by molar-refractivity contribution is 6.55. The molecule has 0 heterocycles. The van der Waals surface area contributed by atoms with E-state index in [1.165, 1.54) is 0 Å². The van der Waals surface area contributed by atoms with Crippen molar-refractivity contribution in [3.8, 4) is 0 Å². The third kappa shape index (κ3) is 3.09. The molecule has 0 fully saturated rings. The average molecular weight is 243 g/mol. The second-order valence-electron chi connectivity index (χ2n) is 2.83. The van der Waals surface area contributed by atoms with Crippen molar-refractivity contribution < 1.29 is 14.7 Å². The van der Waals surface area contributed by atoms with E-state index in [-0.39, 0.29) is 13.0 Å². The molecule has 0 bridgehead atoms. The topological polar surface area (TPSA) is 106 Å². The van der Waals surface area contributed by atoms with E-state index in [0.717, 1.165) is 0 Å². The molecule has 0 aromatic carbocycles. The summed E-state index contributed by atoms with van der Waals surface area (Å²) < 4.78 is 0. The number of carboxylic acids is 1. The van der Waals surface area contributed by atoms with Gasteiger partial charge in [-0.3, -0.25) is 4.79 Å². The van der Waals surface area contributed by atoms with E-state index in [1.54, 1.807) is 0 Å². The molecule has 14 heavy (non-hydrogen) atoms. The number of alkyl halides is 2. The molecule has 0 rings (SSSR count). The van der Waals surface area contributed by atoms with E-state index in [4.69, 9.17) is 39.8 Å². The van der Waals surface area contributed by atoms with E-state index in [0.29, 0.717) is 6.42 Å². The first-order valence-electron chi connectivity index (χ1n) is 3.91. The van der Waals surface area contributed by atoms with Crippen LogP contribution < -0.4 is 11.5 Å². The molecule has 0 amide bonds. The van der Waals surface area contributed by atoms with Gasteiger partial charge in [0.2, 0.25) is 0 Å². The summed E-state index contributed by atoms with van der Waals surface area (Å²) in [6.45, 7) is 0.245. The molecule has 1 atom stereocenters. The Morgan fingerprint density at radius 1 is 1.43 bits per heavy atom. The Morgan fingerprint density at radius 2 is 1.93 bits per heavy atom. The van der Waals surface area contributed by atoms with Crippen molar-refractivity contribution in [2.24, 2.45) is 11.5 Å². The largest absolute Gasteiger partial charge is 0.480 e. The van der Waals surface area contributed by atoms with Crippen LogP contribution in [0.4, 0.5) is 0 Å². The molecular weight excluding hydrogens is 231 g/mol. The highest BCUT2D eigenvalue weighted by Crippen LogP contribution is 2.18. The molecule has 0 aromatic rings. The number of ketones is 1. The zero-order chi connectivity index (χ0) is 11.4. The van der Waals surface area contributed by atoms with Gasteiger partial charge in [0.05, 0.1) is 0 Å². The molecule has 0 radical (unpaired) electrons. The average Bonchev–Trinajstić information content (AvgIpc) is 2.12. The van der Waals surface area contributed by atoms with Crippen molar-refractivity contribution in [3.05, 3.63) is 0 Å². The van der Waals surface area contributed by atoms with Crippen LogP contribution in [0.1, 0.15) is 12.8 Å². The predicted octanol–water partition coefficient (Wildman–Crippen LogP) is -0.120. The second-order valence-corrected chi connectivity index (χ2v) is 3.93. The van der Waals surface area contributed by atoms with Gasteiger partial charge >= 0.3 is 5.97 Å². The van der Waals surface area contributed by atoms with Gasteiger partial charge in [0.1, 0.15) is 0 Å². The lowest BCUT2D eigenvalue weighted by Crippen LogP contribution is -2.57. The molecule has 0 aliphatic rings. The van der Waals surface area contributed by atoms with Gasteiger partial charge in [0.15, 0.2) is 16.2 Å². The summed E-state index contributed by atoms with van der Waals surface area (Å²) in [5.74, 6) is -2.36. The SMILES string of the molecule is NCCC[C@](N)(C(=O)O)C(=O)C(Cl)Cl. The van der Waals surface area contributed by atoms with Gasteiger partial charge < -0.3 is 16.6 Å². The van der Waals surface area contributed by atoms with Crippen LogP contribution in [0.25, 0.3) is 0 Å². The Bertz CT molecular complexity index is 235. The van der Waals surface area contributed by atoms with Gasteiger partial charge in [-0.2, -0.15) is 0 Å². The molecular formula is C7H12Cl2N2O3. The van der Waals surface area contributed by atoms with Crippen LogP contribution in [0.2, 0.25) is 0 Å². The molecule has 0 spiro atoms. The first kappa shape index (κ1) is 13.6. The van der Waals surface area contributed by atoms with Gasteiger partial charge in [0.25, 0.3) is 0 Å². The Kier molecular flexibility index (Phi) is 5.36. The number of carbonyl (C=O) groups is 2. The van der Waals surface area contributed by atoms with Crippen molar-refractivity contribution in [2.45, 2.75) is 23.2 Å². The van der Waals surface area contributed by atoms with E-state index >= 15 is 0 Å². The third-order valence-electron chi connectivity index (χ3n) is 1.79. The smallest absolute Gasteiger partial charge is 0.331 e. The van der Waals surface area contributed by atoms with Crippen molar-refractivity contribution in [2.75, 3.05) is 6.54 Å². The normalized spacial score (nSPS) is 15.2. The first-order valence-corrected chi connectivity index (χ1v) is 4.78. The maximum atomic E-state index is 11.3. The number of carbonyl (C=O) groups excluding carboxylic acids is 1. The first-order chi connectivity index (χ1) is 6.36. The molecule has 0 unspecified atom stereocenters. The molecule has 5 N–H and O–H groups in total. The molecule has 7 heteroatoms.